The Kier molecular flexibility index (Phi) is 3.71. The minimum Gasteiger partial charge on any atom is -0.388 e. The second-order valence-corrected chi connectivity index (χ2v) is 4.27. The van der Waals surface area contributed by atoms with Gasteiger partial charge < -0.3 is 16.2 Å². The van der Waals surface area contributed by atoms with E-state index < -0.39 is 5.60 Å². The molecule has 1 aliphatic rings. The van der Waals surface area contributed by atoms with Crippen LogP contribution in [-0.2, 0) is 0 Å². The molecule has 1 rings (SSSR count). The van der Waals surface area contributed by atoms with Gasteiger partial charge in [-0.15, -0.1) is 0 Å². The summed E-state index contributed by atoms with van der Waals surface area (Å²) in [5.74, 6) is 0.243. The van der Waals surface area contributed by atoms with Crippen molar-refractivity contribution in [2.45, 2.75) is 44.8 Å². The smallest absolute Gasteiger partial charge is 0.0812 e. The van der Waals surface area contributed by atoms with E-state index in [1.165, 1.54) is 0 Å². The minimum atomic E-state index is -0.560. The van der Waals surface area contributed by atoms with Crippen LogP contribution in [0.5, 0.6) is 0 Å². The van der Waals surface area contributed by atoms with Gasteiger partial charge in [-0.3, -0.25) is 0 Å². The Hall–Kier alpha value is -0.120. The molecule has 13 heavy (non-hydrogen) atoms. The largest absolute Gasteiger partial charge is 0.388 e. The maximum absolute atomic E-state index is 10.3. The summed E-state index contributed by atoms with van der Waals surface area (Å²) in [6.45, 7) is 5.53. The van der Waals surface area contributed by atoms with E-state index in [9.17, 15) is 5.11 Å². The molecular formula is C10H22N2O. The van der Waals surface area contributed by atoms with E-state index in [4.69, 9.17) is 5.73 Å². The van der Waals surface area contributed by atoms with Crippen molar-refractivity contribution in [3.63, 3.8) is 0 Å². The Bertz CT molecular complexity index is 149. The molecule has 3 heteroatoms. The summed E-state index contributed by atoms with van der Waals surface area (Å²) >= 11 is 0. The van der Waals surface area contributed by atoms with Crippen molar-refractivity contribution in [1.29, 1.82) is 0 Å². The van der Waals surface area contributed by atoms with Gasteiger partial charge in [-0.2, -0.15) is 0 Å². The lowest BCUT2D eigenvalue weighted by atomic mass is 9.78. The van der Waals surface area contributed by atoms with E-state index >= 15 is 0 Å². The average molecular weight is 186 g/mol. The fraction of sp³-hybridized carbons (Fsp3) is 1.00. The average Bonchev–Trinajstić information content (AvgIpc) is 2.13. The van der Waals surface area contributed by atoms with Gasteiger partial charge in [-0.25, -0.2) is 0 Å². The summed E-state index contributed by atoms with van der Waals surface area (Å²) in [6, 6.07) is 0.538. The normalized spacial score (nSPS) is 37.4. The first-order valence-corrected chi connectivity index (χ1v) is 5.28. The van der Waals surface area contributed by atoms with E-state index in [1.807, 2.05) is 0 Å². The van der Waals surface area contributed by atoms with Gasteiger partial charge in [0, 0.05) is 18.5 Å². The van der Waals surface area contributed by atoms with E-state index in [-0.39, 0.29) is 5.92 Å². The van der Waals surface area contributed by atoms with Gasteiger partial charge in [0.25, 0.3) is 0 Å². The van der Waals surface area contributed by atoms with Crippen molar-refractivity contribution < 1.29 is 5.11 Å². The highest BCUT2D eigenvalue weighted by Gasteiger charge is 2.37. The van der Waals surface area contributed by atoms with Crippen molar-refractivity contribution in [1.82, 2.24) is 5.32 Å². The Labute approximate surface area is 80.7 Å². The Morgan fingerprint density at radius 3 is 2.77 bits per heavy atom. The predicted octanol–water partition coefficient (Wildman–Crippen LogP) is 0.474. The van der Waals surface area contributed by atoms with Gasteiger partial charge in [0.15, 0.2) is 0 Å². The molecule has 1 aliphatic heterocycles. The van der Waals surface area contributed by atoms with Crippen molar-refractivity contribution in [2.24, 2.45) is 11.7 Å². The molecule has 3 nitrogen and oxygen atoms in total. The molecule has 1 heterocycles. The molecule has 0 aromatic carbocycles. The number of hydrogen-bond donors (Lipinski definition) is 3. The predicted molar refractivity (Wildman–Crippen MR) is 54.5 cm³/mol. The lowest BCUT2D eigenvalue weighted by Crippen LogP contribution is -2.55. The molecule has 1 saturated heterocycles. The highest BCUT2D eigenvalue weighted by atomic mass is 16.3. The Morgan fingerprint density at radius 1 is 1.69 bits per heavy atom. The lowest BCUT2D eigenvalue weighted by Gasteiger charge is -2.40. The van der Waals surface area contributed by atoms with Crippen LogP contribution in [0.25, 0.3) is 0 Å². The summed E-state index contributed by atoms with van der Waals surface area (Å²) < 4.78 is 0. The first-order chi connectivity index (χ1) is 6.12. The lowest BCUT2D eigenvalue weighted by molar-refractivity contribution is -0.0423. The van der Waals surface area contributed by atoms with Gasteiger partial charge >= 0.3 is 0 Å². The highest BCUT2D eigenvalue weighted by Crippen LogP contribution is 2.28. The monoisotopic (exact) mass is 186 g/mol. The molecule has 3 atom stereocenters. The van der Waals surface area contributed by atoms with E-state index in [2.05, 4.69) is 19.2 Å². The summed E-state index contributed by atoms with van der Waals surface area (Å²) in [5, 5.41) is 13.6. The Balaban J connectivity index is 2.54. The van der Waals surface area contributed by atoms with Crippen molar-refractivity contribution in [3.05, 3.63) is 0 Å². The molecule has 0 amide bonds. The summed E-state index contributed by atoms with van der Waals surface area (Å²) in [7, 11) is 0. The van der Waals surface area contributed by atoms with Crippen LogP contribution in [-0.4, -0.2) is 29.8 Å². The van der Waals surface area contributed by atoms with E-state index in [1.54, 1.807) is 0 Å². The van der Waals surface area contributed by atoms with Crippen LogP contribution in [0.4, 0.5) is 0 Å². The number of β-amino-alcohol motifs (C(OH)–C–C–N with tert-alkyl or cyclic N) is 1. The molecule has 0 saturated carbocycles. The zero-order valence-corrected chi connectivity index (χ0v) is 8.71. The first-order valence-electron chi connectivity index (χ1n) is 5.28. The molecule has 0 bridgehead atoms. The van der Waals surface area contributed by atoms with Gasteiger partial charge in [-0.05, 0) is 32.7 Å². The Morgan fingerprint density at radius 2 is 2.38 bits per heavy atom. The van der Waals surface area contributed by atoms with Crippen LogP contribution in [0.15, 0.2) is 0 Å². The summed E-state index contributed by atoms with van der Waals surface area (Å²) in [5.41, 5.74) is 5.09. The van der Waals surface area contributed by atoms with Crippen LogP contribution in [0, 0.1) is 5.92 Å². The third-order valence-electron chi connectivity index (χ3n) is 3.30. The number of aliphatic hydroxyl groups is 1. The van der Waals surface area contributed by atoms with Crippen LogP contribution < -0.4 is 11.1 Å². The number of nitrogens with two attached hydrogens (primary N) is 1. The van der Waals surface area contributed by atoms with Crippen molar-refractivity contribution in [3.8, 4) is 0 Å². The first kappa shape index (κ1) is 11.0. The fourth-order valence-electron chi connectivity index (χ4n) is 2.12. The zero-order valence-electron chi connectivity index (χ0n) is 8.71. The van der Waals surface area contributed by atoms with E-state index in [0.717, 1.165) is 19.3 Å². The topological polar surface area (TPSA) is 58.3 Å². The zero-order chi connectivity index (χ0) is 9.90. The summed E-state index contributed by atoms with van der Waals surface area (Å²) in [4.78, 5) is 0. The quantitative estimate of drug-likeness (QED) is 0.600. The molecule has 0 aromatic heterocycles. The van der Waals surface area contributed by atoms with Gasteiger partial charge in [-0.1, -0.05) is 6.92 Å². The molecule has 0 radical (unpaired) electrons. The van der Waals surface area contributed by atoms with Crippen LogP contribution in [0.3, 0.4) is 0 Å². The van der Waals surface area contributed by atoms with Crippen molar-refractivity contribution in [2.75, 3.05) is 13.1 Å². The van der Waals surface area contributed by atoms with Crippen LogP contribution >= 0.6 is 0 Å². The molecule has 3 unspecified atom stereocenters. The van der Waals surface area contributed by atoms with Gasteiger partial charge in [0.05, 0.1) is 5.60 Å². The minimum absolute atomic E-state index is 0.243. The molecule has 78 valence electrons. The maximum Gasteiger partial charge on any atom is 0.0812 e. The standard InChI is InChI=1S/C10H22N2O/c1-3-9(6-11)10(13)5-4-8(2)12-7-10/h8-9,12-13H,3-7,11H2,1-2H3. The number of hydrogen-bond acceptors (Lipinski definition) is 3. The van der Waals surface area contributed by atoms with Gasteiger partial charge in [0.2, 0.25) is 0 Å². The second-order valence-electron chi connectivity index (χ2n) is 4.27. The molecular weight excluding hydrogens is 164 g/mol. The number of rotatable bonds is 3. The van der Waals surface area contributed by atoms with Crippen LogP contribution in [0.2, 0.25) is 0 Å². The summed E-state index contributed by atoms with van der Waals surface area (Å²) in [6.07, 6.45) is 2.90. The molecule has 0 spiro atoms. The SMILES string of the molecule is CCC(CN)C1(O)CCC(C)NC1. The molecule has 4 N–H and O–H groups in total. The van der Waals surface area contributed by atoms with Crippen molar-refractivity contribution >= 4 is 0 Å². The second kappa shape index (κ2) is 4.40. The maximum atomic E-state index is 10.3. The molecule has 0 aromatic rings. The van der Waals surface area contributed by atoms with E-state index in [0.29, 0.717) is 19.1 Å². The number of nitrogens with one attached hydrogen (secondary N) is 1. The van der Waals surface area contributed by atoms with Gasteiger partial charge in [0.1, 0.15) is 0 Å². The third-order valence-corrected chi connectivity index (χ3v) is 3.30. The molecule has 1 fully saturated rings. The third kappa shape index (κ3) is 2.42. The van der Waals surface area contributed by atoms with Crippen LogP contribution in [0.1, 0.15) is 33.1 Å². The molecule has 0 aliphatic carbocycles. The number of piperidine rings is 1. The fourth-order valence-corrected chi connectivity index (χ4v) is 2.12. The highest BCUT2D eigenvalue weighted by molar-refractivity contribution is 4.93.